The minimum Gasteiger partial charge on any atom is -0.329 e. The van der Waals surface area contributed by atoms with Crippen LogP contribution in [0.1, 0.15) is 23.7 Å². The van der Waals surface area contributed by atoms with E-state index in [-0.39, 0.29) is 24.3 Å². The van der Waals surface area contributed by atoms with Crippen LogP contribution in [0, 0.1) is 15.9 Å². The Morgan fingerprint density at radius 3 is 2.43 bits per heavy atom. The van der Waals surface area contributed by atoms with Gasteiger partial charge in [-0.05, 0) is 36.8 Å². The molecule has 188 valence electrons. The van der Waals surface area contributed by atoms with Crippen molar-refractivity contribution in [2.45, 2.75) is 13.3 Å². The number of benzene rings is 3. The standard InChI is InChI=1S/C27H24FN5O4/c1-2-15-31(27(35)20-9-6-10-23(16-20)33(36)37)18-26(34)29-25-17-24(19-7-4-3-5-8-19)30-32(25)22-13-11-21(28)12-14-22/h3-14,16-17H,2,15,18H2,1H3,(H,29,34). The summed E-state index contributed by atoms with van der Waals surface area (Å²) >= 11 is 0. The number of nitrogens with one attached hydrogen (secondary N) is 1. The number of aromatic nitrogens is 2. The first-order valence-corrected chi connectivity index (χ1v) is 11.6. The number of halogens is 1. The number of hydrogen-bond acceptors (Lipinski definition) is 5. The summed E-state index contributed by atoms with van der Waals surface area (Å²) in [5.41, 5.74) is 1.88. The van der Waals surface area contributed by atoms with Crippen LogP contribution in [-0.2, 0) is 4.79 Å². The first kappa shape index (κ1) is 25.2. The van der Waals surface area contributed by atoms with Crippen LogP contribution in [0.4, 0.5) is 15.9 Å². The van der Waals surface area contributed by atoms with Crippen molar-refractivity contribution < 1.29 is 18.9 Å². The quantitative estimate of drug-likeness (QED) is 0.254. The lowest BCUT2D eigenvalue weighted by atomic mass is 10.1. The first-order chi connectivity index (χ1) is 17.9. The highest BCUT2D eigenvalue weighted by atomic mass is 19.1. The van der Waals surface area contributed by atoms with Gasteiger partial charge in [0.15, 0.2) is 0 Å². The topological polar surface area (TPSA) is 110 Å². The molecule has 2 amide bonds. The van der Waals surface area contributed by atoms with Gasteiger partial charge in [-0.3, -0.25) is 19.7 Å². The molecule has 0 radical (unpaired) electrons. The second-order valence-corrected chi connectivity index (χ2v) is 8.25. The van der Waals surface area contributed by atoms with Gasteiger partial charge in [0.1, 0.15) is 18.2 Å². The molecule has 4 rings (SSSR count). The highest BCUT2D eigenvalue weighted by molar-refractivity contribution is 5.99. The number of nitro benzene ring substituents is 1. The van der Waals surface area contributed by atoms with Crippen LogP contribution in [-0.4, -0.2) is 44.5 Å². The third-order valence-corrected chi connectivity index (χ3v) is 5.54. The Labute approximate surface area is 212 Å². The highest BCUT2D eigenvalue weighted by Crippen LogP contribution is 2.25. The monoisotopic (exact) mass is 501 g/mol. The van der Waals surface area contributed by atoms with Crippen LogP contribution in [0.25, 0.3) is 16.9 Å². The number of nitrogens with zero attached hydrogens (tertiary/aromatic N) is 4. The van der Waals surface area contributed by atoms with Gasteiger partial charge in [0.2, 0.25) is 5.91 Å². The maximum Gasteiger partial charge on any atom is 0.270 e. The number of amides is 2. The predicted molar refractivity (Wildman–Crippen MR) is 137 cm³/mol. The van der Waals surface area contributed by atoms with Crippen molar-refractivity contribution in [1.29, 1.82) is 0 Å². The van der Waals surface area contributed by atoms with Crippen molar-refractivity contribution in [2.75, 3.05) is 18.4 Å². The third kappa shape index (κ3) is 6.04. The summed E-state index contributed by atoms with van der Waals surface area (Å²) in [6, 6.07) is 22.2. The lowest BCUT2D eigenvalue weighted by Gasteiger charge is -2.21. The van der Waals surface area contributed by atoms with Crippen LogP contribution in [0.5, 0.6) is 0 Å². The van der Waals surface area contributed by atoms with Gasteiger partial charge in [-0.15, -0.1) is 0 Å². The molecule has 37 heavy (non-hydrogen) atoms. The van der Waals surface area contributed by atoms with Gasteiger partial charge in [-0.2, -0.15) is 5.10 Å². The van der Waals surface area contributed by atoms with E-state index in [0.29, 0.717) is 23.6 Å². The van der Waals surface area contributed by atoms with Gasteiger partial charge in [-0.1, -0.05) is 43.3 Å². The van der Waals surface area contributed by atoms with Crippen LogP contribution in [0.3, 0.4) is 0 Å². The van der Waals surface area contributed by atoms with Crippen molar-refractivity contribution in [2.24, 2.45) is 0 Å². The molecule has 0 atom stereocenters. The number of anilines is 1. The minimum absolute atomic E-state index is 0.123. The van der Waals surface area contributed by atoms with E-state index in [1.54, 1.807) is 18.2 Å². The van der Waals surface area contributed by atoms with E-state index in [1.807, 2.05) is 37.3 Å². The number of carbonyl (C=O) groups excluding carboxylic acids is 2. The molecule has 3 aromatic carbocycles. The summed E-state index contributed by atoms with van der Waals surface area (Å²) in [6.07, 6.45) is 0.583. The number of carbonyl (C=O) groups is 2. The molecule has 0 saturated carbocycles. The molecule has 0 aliphatic rings. The maximum atomic E-state index is 13.5. The van der Waals surface area contributed by atoms with Crippen molar-refractivity contribution in [3.05, 3.63) is 106 Å². The molecule has 0 unspecified atom stereocenters. The van der Waals surface area contributed by atoms with E-state index in [9.17, 15) is 24.1 Å². The Hall–Kier alpha value is -4.86. The van der Waals surface area contributed by atoms with E-state index in [4.69, 9.17) is 0 Å². The molecular weight excluding hydrogens is 477 g/mol. The van der Waals surface area contributed by atoms with Crippen LogP contribution >= 0.6 is 0 Å². The van der Waals surface area contributed by atoms with E-state index in [0.717, 1.165) is 5.56 Å². The zero-order valence-electron chi connectivity index (χ0n) is 20.0. The molecule has 0 saturated heterocycles. The van der Waals surface area contributed by atoms with E-state index in [1.165, 1.54) is 46.0 Å². The average molecular weight is 502 g/mol. The molecule has 9 nitrogen and oxygen atoms in total. The fourth-order valence-electron chi connectivity index (χ4n) is 3.81. The van der Waals surface area contributed by atoms with Crippen LogP contribution in [0.2, 0.25) is 0 Å². The fraction of sp³-hybridized carbons (Fsp3) is 0.148. The Bertz CT molecular complexity index is 1420. The van der Waals surface area contributed by atoms with E-state index in [2.05, 4.69) is 10.4 Å². The Morgan fingerprint density at radius 2 is 1.76 bits per heavy atom. The summed E-state index contributed by atoms with van der Waals surface area (Å²) in [5, 5.41) is 18.5. The predicted octanol–water partition coefficient (Wildman–Crippen LogP) is 5.08. The molecule has 1 N–H and O–H groups in total. The summed E-state index contributed by atoms with van der Waals surface area (Å²) in [5.74, 6) is -1.03. The number of nitro groups is 1. The zero-order valence-corrected chi connectivity index (χ0v) is 20.0. The SMILES string of the molecule is CCCN(CC(=O)Nc1cc(-c2ccccc2)nn1-c1ccc(F)cc1)C(=O)c1cccc([N+](=O)[O-])c1. The van der Waals surface area contributed by atoms with Crippen molar-refractivity contribution >= 4 is 23.3 Å². The van der Waals surface area contributed by atoms with Crippen molar-refractivity contribution in [3.63, 3.8) is 0 Å². The number of rotatable bonds is 9. The van der Waals surface area contributed by atoms with Gasteiger partial charge in [0.05, 0.1) is 16.3 Å². The molecule has 0 spiro atoms. The van der Waals surface area contributed by atoms with Crippen molar-refractivity contribution in [1.82, 2.24) is 14.7 Å². The Morgan fingerprint density at radius 1 is 1.03 bits per heavy atom. The first-order valence-electron chi connectivity index (χ1n) is 11.6. The largest absolute Gasteiger partial charge is 0.329 e. The minimum atomic E-state index is -0.575. The van der Waals surface area contributed by atoms with Crippen molar-refractivity contribution in [3.8, 4) is 16.9 Å². The summed E-state index contributed by atoms with van der Waals surface area (Å²) in [7, 11) is 0. The third-order valence-electron chi connectivity index (χ3n) is 5.54. The van der Waals surface area contributed by atoms with Crippen LogP contribution in [0.15, 0.2) is 84.9 Å². The van der Waals surface area contributed by atoms with Crippen LogP contribution < -0.4 is 5.32 Å². The number of hydrogen-bond donors (Lipinski definition) is 1. The molecule has 0 bridgehead atoms. The van der Waals surface area contributed by atoms with Gasteiger partial charge >= 0.3 is 0 Å². The number of non-ortho nitro benzene ring substituents is 1. The van der Waals surface area contributed by atoms with Gasteiger partial charge in [-0.25, -0.2) is 9.07 Å². The second-order valence-electron chi connectivity index (χ2n) is 8.25. The molecule has 0 aliphatic carbocycles. The Kier molecular flexibility index (Phi) is 7.68. The van der Waals surface area contributed by atoms with E-state index >= 15 is 0 Å². The summed E-state index contributed by atoms with van der Waals surface area (Å²) in [4.78, 5) is 38.0. The van der Waals surface area contributed by atoms with Gasteiger partial charge < -0.3 is 10.2 Å². The highest BCUT2D eigenvalue weighted by Gasteiger charge is 2.21. The molecule has 1 aromatic heterocycles. The maximum absolute atomic E-state index is 13.5. The molecule has 1 heterocycles. The normalized spacial score (nSPS) is 10.6. The summed E-state index contributed by atoms with van der Waals surface area (Å²) < 4.78 is 15.0. The van der Waals surface area contributed by atoms with E-state index < -0.39 is 22.6 Å². The second kappa shape index (κ2) is 11.3. The molecular formula is C27H24FN5O4. The van der Waals surface area contributed by atoms with Gasteiger partial charge in [0, 0.05) is 35.9 Å². The molecule has 10 heteroatoms. The lowest BCUT2D eigenvalue weighted by molar-refractivity contribution is -0.384. The smallest absolute Gasteiger partial charge is 0.270 e. The summed E-state index contributed by atoms with van der Waals surface area (Å²) in [6.45, 7) is 1.87. The lowest BCUT2D eigenvalue weighted by Crippen LogP contribution is -2.38. The fourth-order valence-corrected chi connectivity index (χ4v) is 3.81. The molecule has 4 aromatic rings. The Balaban J connectivity index is 1.59. The average Bonchev–Trinajstić information content (AvgIpc) is 3.32. The molecule has 0 aliphatic heterocycles. The van der Waals surface area contributed by atoms with Gasteiger partial charge in [0.25, 0.3) is 11.6 Å². The molecule has 0 fully saturated rings. The zero-order chi connectivity index (χ0) is 26.4.